The second-order valence-corrected chi connectivity index (χ2v) is 10.3. The van der Waals surface area contributed by atoms with E-state index in [9.17, 15) is 4.79 Å². The highest BCUT2D eigenvalue weighted by Crippen LogP contribution is 2.40. The summed E-state index contributed by atoms with van der Waals surface area (Å²) in [5, 5.41) is 0.664. The Balaban J connectivity index is 1.43. The molecule has 0 bridgehead atoms. The number of thiophene rings is 1. The zero-order chi connectivity index (χ0) is 27.0. The SMILES string of the molecule is CCOC(=O)c1c(N=Cc2cccc(OC)c2OCc2ccccc2)sc2c1CCN(Cc1ccccc1)C2. The summed E-state index contributed by atoms with van der Waals surface area (Å²) in [5.74, 6) is 0.924. The molecule has 3 aromatic carbocycles. The number of methoxy groups -OCH3 is 1. The predicted molar refractivity (Wildman–Crippen MR) is 156 cm³/mol. The first-order valence-corrected chi connectivity index (χ1v) is 13.9. The molecule has 1 aliphatic heterocycles. The number of hydrogen-bond donors (Lipinski definition) is 0. The molecular weight excluding hydrogens is 508 g/mol. The minimum absolute atomic E-state index is 0.315. The van der Waals surface area contributed by atoms with Crippen molar-refractivity contribution in [2.45, 2.75) is 33.0 Å². The number of ether oxygens (including phenoxy) is 3. The summed E-state index contributed by atoms with van der Waals surface area (Å²) in [4.78, 5) is 21.5. The summed E-state index contributed by atoms with van der Waals surface area (Å²) >= 11 is 1.56. The molecule has 0 atom stereocenters. The van der Waals surface area contributed by atoms with Crippen LogP contribution in [0.5, 0.6) is 11.5 Å². The molecule has 0 radical (unpaired) electrons. The van der Waals surface area contributed by atoms with Crippen molar-refractivity contribution in [2.24, 2.45) is 4.99 Å². The van der Waals surface area contributed by atoms with E-state index < -0.39 is 0 Å². The van der Waals surface area contributed by atoms with Gasteiger partial charge in [-0.25, -0.2) is 9.79 Å². The van der Waals surface area contributed by atoms with E-state index in [1.165, 1.54) is 10.4 Å². The average Bonchev–Trinajstić information content (AvgIpc) is 3.34. The lowest BCUT2D eigenvalue weighted by molar-refractivity contribution is 0.0526. The maximum atomic E-state index is 13.1. The maximum Gasteiger partial charge on any atom is 0.341 e. The topological polar surface area (TPSA) is 60.4 Å². The molecule has 1 aliphatic rings. The van der Waals surface area contributed by atoms with E-state index in [0.29, 0.717) is 35.3 Å². The van der Waals surface area contributed by atoms with Gasteiger partial charge in [0.15, 0.2) is 11.5 Å². The lowest BCUT2D eigenvalue weighted by atomic mass is 10.0. The van der Waals surface area contributed by atoms with Gasteiger partial charge in [-0.1, -0.05) is 66.7 Å². The Labute approximate surface area is 233 Å². The molecule has 7 heteroatoms. The van der Waals surface area contributed by atoms with E-state index in [4.69, 9.17) is 19.2 Å². The standard InChI is InChI=1S/C32H32N2O4S/c1-3-37-32(35)29-26-17-18-34(20-23-11-6-4-7-12-23)21-28(26)39-31(29)33-19-25-15-10-16-27(36-2)30(25)38-22-24-13-8-5-9-14-24/h4-16,19H,3,17-18,20-22H2,1-2H3. The first-order valence-electron chi connectivity index (χ1n) is 13.1. The van der Waals surface area contributed by atoms with Crippen LogP contribution in [-0.4, -0.2) is 37.3 Å². The molecule has 0 aliphatic carbocycles. The normalized spacial score (nSPS) is 13.3. The molecular formula is C32H32N2O4S. The van der Waals surface area contributed by atoms with Crippen molar-refractivity contribution in [1.29, 1.82) is 0 Å². The Bertz CT molecular complexity index is 1430. The monoisotopic (exact) mass is 540 g/mol. The number of nitrogens with zero attached hydrogens (tertiary/aromatic N) is 2. The molecule has 39 heavy (non-hydrogen) atoms. The fourth-order valence-corrected chi connectivity index (χ4v) is 5.95. The average molecular weight is 541 g/mol. The molecule has 0 saturated carbocycles. The van der Waals surface area contributed by atoms with E-state index in [0.717, 1.165) is 42.7 Å². The third-order valence-electron chi connectivity index (χ3n) is 6.62. The van der Waals surface area contributed by atoms with Gasteiger partial charge in [0, 0.05) is 36.3 Å². The minimum atomic E-state index is -0.315. The van der Waals surface area contributed by atoms with Crippen molar-refractivity contribution in [3.05, 3.63) is 112 Å². The van der Waals surface area contributed by atoms with Crippen LogP contribution in [0, 0.1) is 0 Å². The molecule has 0 spiro atoms. The number of carbonyl (C=O) groups excluding carboxylic acids is 1. The first-order chi connectivity index (χ1) is 19.2. The van der Waals surface area contributed by atoms with Gasteiger partial charge in [-0.05, 0) is 42.2 Å². The number of esters is 1. The second-order valence-electron chi connectivity index (χ2n) is 9.26. The van der Waals surface area contributed by atoms with Crippen molar-refractivity contribution < 1.29 is 19.0 Å². The lowest BCUT2D eigenvalue weighted by Crippen LogP contribution is -2.29. The summed E-state index contributed by atoms with van der Waals surface area (Å²) in [7, 11) is 1.62. The Morgan fingerprint density at radius 2 is 1.74 bits per heavy atom. The predicted octanol–water partition coefficient (Wildman–Crippen LogP) is 6.82. The molecule has 0 amide bonds. The smallest absolute Gasteiger partial charge is 0.341 e. The molecule has 2 heterocycles. The van der Waals surface area contributed by atoms with Gasteiger partial charge >= 0.3 is 5.97 Å². The number of rotatable bonds is 10. The van der Waals surface area contributed by atoms with Crippen LogP contribution >= 0.6 is 11.3 Å². The van der Waals surface area contributed by atoms with Crippen molar-refractivity contribution in [3.63, 3.8) is 0 Å². The number of benzene rings is 3. The minimum Gasteiger partial charge on any atom is -0.493 e. The fraction of sp³-hybridized carbons (Fsp3) is 0.250. The highest BCUT2D eigenvalue weighted by molar-refractivity contribution is 7.16. The van der Waals surface area contributed by atoms with Gasteiger partial charge in [0.1, 0.15) is 11.6 Å². The highest BCUT2D eigenvalue weighted by atomic mass is 32.1. The van der Waals surface area contributed by atoms with E-state index in [2.05, 4.69) is 29.2 Å². The number of carbonyl (C=O) groups is 1. The Hall–Kier alpha value is -3.94. The highest BCUT2D eigenvalue weighted by Gasteiger charge is 2.28. The van der Waals surface area contributed by atoms with Gasteiger partial charge in [0.05, 0.1) is 19.3 Å². The lowest BCUT2D eigenvalue weighted by Gasteiger charge is -2.27. The zero-order valence-electron chi connectivity index (χ0n) is 22.3. The summed E-state index contributed by atoms with van der Waals surface area (Å²) in [6.07, 6.45) is 2.54. The molecule has 5 rings (SSSR count). The quantitative estimate of drug-likeness (QED) is 0.163. The van der Waals surface area contributed by atoms with Gasteiger partial charge < -0.3 is 14.2 Å². The molecule has 6 nitrogen and oxygen atoms in total. The molecule has 0 saturated heterocycles. The van der Waals surface area contributed by atoms with Crippen LogP contribution in [-0.2, 0) is 30.9 Å². The largest absolute Gasteiger partial charge is 0.493 e. The van der Waals surface area contributed by atoms with Crippen molar-refractivity contribution in [3.8, 4) is 11.5 Å². The Kier molecular flexibility index (Phi) is 8.71. The third kappa shape index (κ3) is 6.38. The maximum absolute atomic E-state index is 13.1. The third-order valence-corrected chi connectivity index (χ3v) is 7.75. The Morgan fingerprint density at radius 3 is 2.46 bits per heavy atom. The van der Waals surface area contributed by atoms with Crippen molar-refractivity contribution in [2.75, 3.05) is 20.3 Å². The number of fused-ring (bicyclic) bond motifs is 1. The fourth-order valence-electron chi connectivity index (χ4n) is 4.73. The number of aliphatic imine (C=N–C) groups is 1. The van der Waals surface area contributed by atoms with Crippen LogP contribution in [0.15, 0.2) is 83.9 Å². The van der Waals surface area contributed by atoms with Crippen LogP contribution in [0.25, 0.3) is 0 Å². The molecule has 0 fully saturated rings. The van der Waals surface area contributed by atoms with E-state index in [1.807, 2.05) is 61.5 Å². The van der Waals surface area contributed by atoms with E-state index in [1.54, 1.807) is 24.7 Å². The Morgan fingerprint density at radius 1 is 1.00 bits per heavy atom. The summed E-state index contributed by atoms with van der Waals surface area (Å²) in [5.41, 5.74) is 4.75. The van der Waals surface area contributed by atoms with Crippen molar-refractivity contribution >= 4 is 28.5 Å². The van der Waals surface area contributed by atoms with Gasteiger partial charge in [-0.2, -0.15) is 0 Å². The van der Waals surface area contributed by atoms with Crippen molar-refractivity contribution in [1.82, 2.24) is 4.90 Å². The molecule has 1 aromatic heterocycles. The zero-order valence-corrected chi connectivity index (χ0v) is 23.1. The summed E-state index contributed by atoms with van der Waals surface area (Å²) in [6.45, 7) is 5.08. The van der Waals surface area contributed by atoms with Crippen LogP contribution < -0.4 is 9.47 Å². The summed E-state index contributed by atoms with van der Waals surface area (Å²) in [6, 6.07) is 26.2. The molecule has 4 aromatic rings. The number of para-hydroxylation sites is 1. The van der Waals surface area contributed by atoms with Crippen LogP contribution in [0.3, 0.4) is 0 Å². The molecule has 0 unspecified atom stereocenters. The van der Waals surface area contributed by atoms with Gasteiger partial charge in [-0.15, -0.1) is 11.3 Å². The van der Waals surface area contributed by atoms with Gasteiger partial charge in [0.25, 0.3) is 0 Å². The van der Waals surface area contributed by atoms with Crippen LogP contribution in [0.1, 0.15) is 44.4 Å². The first kappa shape index (κ1) is 26.7. The second kappa shape index (κ2) is 12.7. The number of hydrogen-bond acceptors (Lipinski definition) is 7. The van der Waals surface area contributed by atoms with Crippen LogP contribution in [0.4, 0.5) is 5.00 Å². The van der Waals surface area contributed by atoms with E-state index in [-0.39, 0.29) is 5.97 Å². The van der Waals surface area contributed by atoms with Gasteiger partial charge in [0.2, 0.25) is 0 Å². The molecule has 0 N–H and O–H groups in total. The van der Waals surface area contributed by atoms with E-state index >= 15 is 0 Å². The summed E-state index contributed by atoms with van der Waals surface area (Å²) < 4.78 is 17.2. The molecule has 200 valence electrons. The van der Waals surface area contributed by atoms with Gasteiger partial charge in [-0.3, -0.25) is 4.90 Å². The van der Waals surface area contributed by atoms with Crippen LogP contribution in [0.2, 0.25) is 0 Å².